The van der Waals surface area contributed by atoms with E-state index in [2.05, 4.69) is 0 Å². The molecule has 0 amide bonds. The van der Waals surface area contributed by atoms with Crippen LogP contribution >= 0.6 is 11.3 Å². The summed E-state index contributed by atoms with van der Waals surface area (Å²) in [5.41, 5.74) is 8.14. The summed E-state index contributed by atoms with van der Waals surface area (Å²) in [5, 5.41) is 1.84. The number of esters is 1. The van der Waals surface area contributed by atoms with E-state index in [1.807, 2.05) is 23.6 Å². The molecule has 0 bridgehead atoms. The monoisotopic (exact) mass is 291 g/mol. The molecule has 20 heavy (non-hydrogen) atoms. The van der Waals surface area contributed by atoms with Gasteiger partial charge in [-0.2, -0.15) is 0 Å². The van der Waals surface area contributed by atoms with Crippen LogP contribution in [0.4, 0.5) is 5.69 Å². The minimum Gasteiger partial charge on any atom is -0.486 e. The summed E-state index contributed by atoms with van der Waals surface area (Å²) < 4.78 is 15.7. The van der Waals surface area contributed by atoms with Crippen LogP contribution in [0.25, 0.3) is 11.1 Å². The van der Waals surface area contributed by atoms with Crippen molar-refractivity contribution in [3.8, 4) is 22.6 Å². The number of methoxy groups -OCH3 is 1. The Morgan fingerprint density at radius 3 is 2.80 bits per heavy atom. The fourth-order valence-electron chi connectivity index (χ4n) is 2.05. The van der Waals surface area contributed by atoms with E-state index in [1.165, 1.54) is 18.4 Å². The van der Waals surface area contributed by atoms with E-state index in [0.29, 0.717) is 29.5 Å². The van der Waals surface area contributed by atoms with E-state index in [-0.39, 0.29) is 0 Å². The fourth-order valence-corrected chi connectivity index (χ4v) is 2.97. The Kier molecular flexibility index (Phi) is 3.23. The SMILES string of the molecule is COC(=O)c1scc(-c2ccc3c(c2)OCCO3)c1N. The first kappa shape index (κ1) is 12.8. The predicted molar refractivity (Wildman–Crippen MR) is 76.5 cm³/mol. The van der Waals surface area contributed by atoms with Crippen LogP contribution in [0.15, 0.2) is 23.6 Å². The fraction of sp³-hybridized carbons (Fsp3) is 0.214. The molecule has 0 fully saturated rings. The van der Waals surface area contributed by atoms with Crippen LogP contribution in [-0.2, 0) is 4.74 Å². The van der Waals surface area contributed by atoms with Crippen molar-refractivity contribution in [3.63, 3.8) is 0 Å². The van der Waals surface area contributed by atoms with E-state index < -0.39 is 5.97 Å². The first-order valence-electron chi connectivity index (χ1n) is 6.06. The lowest BCUT2D eigenvalue weighted by Crippen LogP contribution is -2.15. The van der Waals surface area contributed by atoms with E-state index in [9.17, 15) is 4.79 Å². The van der Waals surface area contributed by atoms with Crippen molar-refractivity contribution in [2.24, 2.45) is 0 Å². The van der Waals surface area contributed by atoms with Gasteiger partial charge >= 0.3 is 5.97 Å². The summed E-state index contributed by atoms with van der Waals surface area (Å²) in [7, 11) is 1.34. The van der Waals surface area contributed by atoms with Gasteiger partial charge in [-0.05, 0) is 17.7 Å². The van der Waals surface area contributed by atoms with Gasteiger partial charge in [-0.3, -0.25) is 0 Å². The molecule has 0 spiro atoms. The van der Waals surface area contributed by atoms with Crippen LogP contribution in [0, 0.1) is 0 Å². The van der Waals surface area contributed by atoms with Crippen molar-refractivity contribution >= 4 is 23.0 Å². The van der Waals surface area contributed by atoms with Crippen LogP contribution in [0.5, 0.6) is 11.5 Å². The van der Waals surface area contributed by atoms with Crippen LogP contribution in [0.3, 0.4) is 0 Å². The van der Waals surface area contributed by atoms with Gasteiger partial charge in [0.25, 0.3) is 0 Å². The number of nitrogen functional groups attached to an aromatic ring is 1. The summed E-state index contributed by atoms with van der Waals surface area (Å²) in [5.74, 6) is 0.997. The lowest BCUT2D eigenvalue weighted by Gasteiger charge is -2.18. The molecule has 2 aromatic rings. The minimum atomic E-state index is -0.420. The van der Waals surface area contributed by atoms with Gasteiger partial charge in [-0.25, -0.2) is 4.79 Å². The van der Waals surface area contributed by atoms with Gasteiger partial charge in [0.2, 0.25) is 0 Å². The van der Waals surface area contributed by atoms with Gasteiger partial charge in [0.05, 0.1) is 12.8 Å². The molecule has 0 aliphatic carbocycles. The lowest BCUT2D eigenvalue weighted by atomic mass is 10.1. The number of fused-ring (bicyclic) bond motifs is 1. The number of nitrogens with two attached hydrogens (primary N) is 1. The van der Waals surface area contributed by atoms with Crippen molar-refractivity contribution in [3.05, 3.63) is 28.5 Å². The number of benzene rings is 1. The number of ether oxygens (including phenoxy) is 3. The first-order valence-corrected chi connectivity index (χ1v) is 6.94. The minimum absolute atomic E-state index is 0.414. The molecule has 104 valence electrons. The molecular formula is C14H13NO4S. The zero-order valence-corrected chi connectivity index (χ0v) is 11.7. The number of hydrogen-bond donors (Lipinski definition) is 1. The van der Waals surface area contributed by atoms with E-state index >= 15 is 0 Å². The van der Waals surface area contributed by atoms with Gasteiger partial charge in [0.15, 0.2) is 11.5 Å². The lowest BCUT2D eigenvalue weighted by molar-refractivity contribution is 0.0607. The maximum atomic E-state index is 11.6. The Morgan fingerprint density at radius 1 is 1.30 bits per heavy atom. The highest BCUT2D eigenvalue weighted by Crippen LogP contribution is 2.39. The summed E-state index contributed by atoms with van der Waals surface area (Å²) >= 11 is 1.27. The molecule has 1 aromatic heterocycles. The van der Waals surface area contributed by atoms with Crippen molar-refractivity contribution in [1.82, 2.24) is 0 Å². The molecule has 2 N–H and O–H groups in total. The molecule has 6 heteroatoms. The molecule has 0 atom stereocenters. The molecule has 0 saturated heterocycles. The van der Waals surface area contributed by atoms with Crippen molar-refractivity contribution < 1.29 is 19.0 Å². The average Bonchev–Trinajstić information content (AvgIpc) is 2.87. The normalized spacial score (nSPS) is 13.1. The zero-order valence-electron chi connectivity index (χ0n) is 10.8. The molecule has 3 rings (SSSR count). The van der Waals surface area contributed by atoms with Crippen molar-refractivity contribution in [2.45, 2.75) is 0 Å². The largest absolute Gasteiger partial charge is 0.486 e. The van der Waals surface area contributed by atoms with Crippen molar-refractivity contribution in [1.29, 1.82) is 0 Å². The summed E-state index contributed by atoms with van der Waals surface area (Å²) in [6.07, 6.45) is 0. The van der Waals surface area contributed by atoms with Gasteiger partial charge in [-0.15, -0.1) is 11.3 Å². The second kappa shape index (κ2) is 5.05. The highest BCUT2D eigenvalue weighted by Gasteiger charge is 2.19. The summed E-state index contributed by atoms with van der Waals surface area (Å²) in [6, 6.07) is 5.61. The summed E-state index contributed by atoms with van der Waals surface area (Å²) in [6.45, 7) is 1.09. The molecule has 1 aliphatic rings. The second-order valence-corrected chi connectivity index (χ2v) is 5.12. The average molecular weight is 291 g/mol. The Bertz CT molecular complexity index is 665. The number of rotatable bonds is 2. The Hall–Kier alpha value is -2.21. The van der Waals surface area contributed by atoms with Crippen LogP contribution < -0.4 is 15.2 Å². The van der Waals surface area contributed by atoms with Crippen LogP contribution in [0.1, 0.15) is 9.67 Å². The van der Waals surface area contributed by atoms with Gasteiger partial charge in [0, 0.05) is 10.9 Å². The Labute approximate surface area is 119 Å². The van der Waals surface area contributed by atoms with Gasteiger partial charge in [0.1, 0.15) is 18.1 Å². The number of thiophene rings is 1. The zero-order chi connectivity index (χ0) is 14.1. The smallest absolute Gasteiger partial charge is 0.350 e. The van der Waals surface area contributed by atoms with E-state index in [0.717, 1.165) is 16.9 Å². The topological polar surface area (TPSA) is 70.8 Å². The maximum Gasteiger partial charge on any atom is 0.350 e. The third-order valence-electron chi connectivity index (χ3n) is 3.05. The highest BCUT2D eigenvalue weighted by molar-refractivity contribution is 7.13. The first-order chi connectivity index (χ1) is 9.70. The molecule has 0 unspecified atom stereocenters. The van der Waals surface area contributed by atoms with E-state index in [4.69, 9.17) is 19.9 Å². The Morgan fingerprint density at radius 2 is 2.05 bits per heavy atom. The van der Waals surface area contributed by atoms with Crippen LogP contribution in [-0.4, -0.2) is 26.3 Å². The maximum absolute atomic E-state index is 11.6. The highest BCUT2D eigenvalue weighted by atomic mass is 32.1. The number of anilines is 1. The quantitative estimate of drug-likeness (QED) is 0.861. The number of hydrogen-bond acceptors (Lipinski definition) is 6. The molecule has 0 radical (unpaired) electrons. The third kappa shape index (κ3) is 2.08. The summed E-state index contributed by atoms with van der Waals surface area (Å²) in [4.78, 5) is 12.0. The molecular weight excluding hydrogens is 278 g/mol. The number of carbonyl (C=O) groups is 1. The molecule has 1 aliphatic heterocycles. The van der Waals surface area contributed by atoms with Gasteiger partial charge < -0.3 is 19.9 Å². The van der Waals surface area contributed by atoms with Crippen LogP contribution in [0.2, 0.25) is 0 Å². The molecule has 2 heterocycles. The molecule has 0 saturated carbocycles. The van der Waals surface area contributed by atoms with Crippen molar-refractivity contribution in [2.75, 3.05) is 26.1 Å². The molecule has 1 aromatic carbocycles. The molecule has 5 nitrogen and oxygen atoms in total. The standard InChI is InChI=1S/C14H13NO4S/c1-17-14(16)13-12(15)9(7-20-13)8-2-3-10-11(6-8)19-5-4-18-10/h2-3,6-7H,4-5,15H2,1H3. The third-order valence-corrected chi connectivity index (χ3v) is 4.03. The second-order valence-electron chi connectivity index (χ2n) is 4.24. The van der Waals surface area contributed by atoms with Gasteiger partial charge in [-0.1, -0.05) is 6.07 Å². The van der Waals surface area contributed by atoms with E-state index in [1.54, 1.807) is 0 Å². The Balaban J connectivity index is 2.01. The predicted octanol–water partition coefficient (Wildman–Crippen LogP) is 2.56. The number of carbonyl (C=O) groups excluding carboxylic acids is 1.